The van der Waals surface area contributed by atoms with Crippen LogP contribution in [0.15, 0.2) is 235 Å². The second kappa shape index (κ2) is 13.4. The van der Waals surface area contributed by atoms with Gasteiger partial charge in [-0.3, -0.25) is 0 Å². The van der Waals surface area contributed by atoms with Gasteiger partial charge in [0.25, 0.3) is 0 Å². The Morgan fingerprint density at radius 2 is 0.887 bits per heavy atom. The van der Waals surface area contributed by atoms with Gasteiger partial charge >= 0.3 is 0 Å². The highest BCUT2D eigenvalue weighted by molar-refractivity contribution is 6.17. The predicted molar refractivity (Wildman–Crippen MR) is 257 cm³/mol. The third-order valence-corrected chi connectivity index (χ3v) is 13.2. The summed E-state index contributed by atoms with van der Waals surface area (Å²) in [7, 11) is 0. The van der Waals surface area contributed by atoms with Gasteiger partial charge in [0.05, 0.1) is 22.2 Å². The van der Waals surface area contributed by atoms with Crippen LogP contribution in [-0.4, -0.2) is 0 Å². The van der Waals surface area contributed by atoms with E-state index in [0.717, 1.165) is 56.1 Å². The molecule has 0 saturated carbocycles. The molecule has 2 aliphatic rings. The van der Waals surface area contributed by atoms with Crippen molar-refractivity contribution in [2.24, 2.45) is 0 Å². The number of benzene rings is 10. The third-order valence-electron chi connectivity index (χ3n) is 13.2. The predicted octanol–water partition coefficient (Wildman–Crippen LogP) is 16.0. The van der Waals surface area contributed by atoms with Gasteiger partial charge in [0.15, 0.2) is 0 Å². The number of hydrogen-bond acceptors (Lipinski definition) is 3. The molecule has 62 heavy (non-hydrogen) atoms. The fourth-order valence-electron chi connectivity index (χ4n) is 10.8. The van der Waals surface area contributed by atoms with Crippen molar-refractivity contribution in [2.45, 2.75) is 5.41 Å². The SMILES string of the molecule is c1ccc(N(c2ccccc2)c2ccc3c(c2)C2(c4ccccc4-3)c3ccccc3-c3c2cc2ccccc2c3N(c2ccccc2)c2cccc3oc4ccccc4c23)cc1. The van der Waals surface area contributed by atoms with Gasteiger partial charge in [0.1, 0.15) is 11.2 Å². The van der Waals surface area contributed by atoms with Crippen molar-refractivity contribution in [3.8, 4) is 22.3 Å². The maximum Gasteiger partial charge on any atom is 0.137 e. The summed E-state index contributed by atoms with van der Waals surface area (Å²) in [4.78, 5) is 4.89. The molecule has 1 unspecified atom stereocenters. The normalized spacial score (nSPS) is 14.5. The van der Waals surface area contributed by atoms with Crippen molar-refractivity contribution in [3.05, 3.63) is 253 Å². The quantitative estimate of drug-likeness (QED) is 0.167. The topological polar surface area (TPSA) is 19.6 Å². The summed E-state index contributed by atoms with van der Waals surface area (Å²) in [5.74, 6) is 0. The summed E-state index contributed by atoms with van der Waals surface area (Å²) in [6.07, 6.45) is 0. The Kier molecular flexibility index (Phi) is 7.52. The lowest BCUT2D eigenvalue weighted by Crippen LogP contribution is -2.26. The number of para-hydroxylation sites is 4. The molecule has 11 aromatic rings. The summed E-state index contributed by atoms with van der Waals surface area (Å²) in [5, 5.41) is 4.57. The molecule has 0 N–H and O–H groups in total. The van der Waals surface area contributed by atoms with Crippen LogP contribution in [-0.2, 0) is 5.41 Å². The Hall–Kier alpha value is -8.14. The van der Waals surface area contributed by atoms with Crippen LogP contribution in [0.4, 0.5) is 34.1 Å². The van der Waals surface area contributed by atoms with E-state index in [0.29, 0.717) is 0 Å². The van der Waals surface area contributed by atoms with Crippen LogP contribution in [0.2, 0.25) is 0 Å². The molecular formula is C59H38N2O. The monoisotopic (exact) mass is 790 g/mol. The zero-order chi connectivity index (χ0) is 40.8. The molecule has 290 valence electrons. The smallest absolute Gasteiger partial charge is 0.137 e. The lowest BCUT2D eigenvalue weighted by atomic mass is 9.70. The highest BCUT2D eigenvalue weighted by Gasteiger charge is 2.53. The molecule has 3 heteroatoms. The van der Waals surface area contributed by atoms with Crippen molar-refractivity contribution < 1.29 is 4.42 Å². The van der Waals surface area contributed by atoms with Gasteiger partial charge in [-0.1, -0.05) is 158 Å². The molecular weight excluding hydrogens is 753 g/mol. The Bertz CT molecular complexity index is 3500. The molecule has 0 bridgehead atoms. The van der Waals surface area contributed by atoms with E-state index in [1.807, 2.05) is 0 Å². The zero-order valence-electron chi connectivity index (χ0n) is 33.7. The van der Waals surface area contributed by atoms with Crippen molar-refractivity contribution >= 4 is 66.8 Å². The summed E-state index contributed by atoms with van der Waals surface area (Å²) in [5.41, 5.74) is 18.0. The van der Waals surface area contributed by atoms with Gasteiger partial charge in [-0.25, -0.2) is 0 Å². The van der Waals surface area contributed by atoms with Crippen molar-refractivity contribution in [2.75, 3.05) is 9.80 Å². The summed E-state index contributed by atoms with van der Waals surface area (Å²) in [6.45, 7) is 0. The molecule has 3 nitrogen and oxygen atoms in total. The zero-order valence-corrected chi connectivity index (χ0v) is 33.7. The fourth-order valence-corrected chi connectivity index (χ4v) is 10.8. The van der Waals surface area contributed by atoms with Crippen LogP contribution < -0.4 is 9.80 Å². The molecule has 1 aromatic heterocycles. The van der Waals surface area contributed by atoms with E-state index < -0.39 is 5.41 Å². The van der Waals surface area contributed by atoms with Crippen LogP contribution in [0.5, 0.6) is 0 Å². The van der Waals surface area contributed by atoms with Gasteiger partial charge in [0, 0.05) is 39.1 Å². The molecule has 0 amide bonds. The van der Waals surface area contributed by atoms with E-state index in [9.17, 15) is 0 Å². The third kappa shape index (κ3) is 4.82. The minimum absolute atomic E-state index is 0.609. The van der Waals surface area contributed by atoms with Crippen LogP contribution in [0.25, 0.3) is 55.0 Å². The molecule has 0 saturated heterocycles. The number of nitrogens with zero attached hydrogens (tertiary/aromatic N) is 2. The molecule has 1 atom stereocenters. The van der Waals surface area contributed by atoms with E-state index >= 15 is 0 Å². The summed E-state index contributed by atoms with van der Waals surface area (Å²) < 4.78 is 6.57. The Labute approximate surface area is 360 Å². The Balaban J connectivity index is 1.17. The molecule has 0 fully saturated rings. The van der Waals surface area contributed by atoms with E-state index in [1.165, 1.54) is 55.3 Å². The molecule has 0 aliphatic heterocycles. The molecule has 0 radical (unpaired) electrons. The lowest BCUT2D eigenvalue weighted by molar-refractivity contribution is 0.669. The van der Waals surface area contributed by atoms with E-state index in [1.54, 1.807) is 0 Å². The first-order valence-corrected chi connectivity index (χ1v) is 21.4. The van der Waals surface area contributed by atoms with Crippen LogP contribution >= 0.6 is 0 Å². The molecule has 10 aromatic carbocycles. The minimum Gasteiger partial charge on any atom is -0.456 e. The molecule has 1 spiro atoms. The number of rotatable bonds is 6. The highest BCUT2D eigenvalue weighted by atomic mass is 16.3. The van der Waals surface area contributed by atoms with Crippen LogP contribution in [0.1, 0.15) is 22.3 Å². The average molecular weight is 791 g/mol. The summed E-state index contributed by atoms with van der Waals surface area (Å²) in [6, 6.07) is 84.1. The number of fused-ring (bicyclic) bond motifs is 14. The summed E-state index contributed by atoms with van der Waals surface area (Å²) >= 11 is 0. The van der Waals surface area contributed by atoms with Gasteiger partial charge in [0.2, 0.25) is 0 Å². The van der Waals surface area contributed by atoms with Gasteiger partial charge < -0.3 is 14.2 Å². The van der Waals surface area contributed by atoms with Crippen molar-refractivity contribution in [1.82, 2.24) is 0 Å². The van der Waals surface area contributed by atoms with Crippen LogP contribution in [0.3, 0.4) is 0 Å². The van der Waals surface area contributed by atoms with Crippen molar-refractivity contribution in [3.63, 3.8) is 0 Å². The number of furan rings is 1. The van der Waals surface area contributed by atoms with Gasteiger partial charge in [-0.2, -0.15) is 0 Å². The van der Waals surface area contributed by atoms with E-state index in [2.05, 4.69) is 240 Å². The second-order valence-corrected chi connectivity index (χ2v) is 16.4. The molecule has 13 rings (SSSR count). The van der Waals surface area contributed by atoms with E-state index in [-0.39, 0.29) is 0 Å². The first-order valence-electron chi connectivity index (χ1n) is 21.4. The lowest BCUT2D eigenvalue weighted by Gasteiger charge is -2.34. The van der Waals surface area contributed by atoms with E-state index in [4.69, 9.17) is 4.42 Å². The van der Waals surface area contributed by atoms with Gasteiger partial charge in [-0.15, -0.1) is 0 Å². The Morgan fingerprint density at radius 3 is 1.61 bits per heavy atom. The maximum atomic E-state index is 6.57. The maximum absolute atomic E-state index is 6.57. The average Bonchev–Trinajstić information content (AvgIpc) is 3.97. The number of anilines is 6. The van der Waals surface area contributed by atoms with Crippen LogP contribution in [0, 0.1) is 0 Å². The standard InChI is InChI=1S/C59H38N2O/c1-4-20-40(21-5-1)60(41-22-6-2-7-23-41)43-35-36-46-45-27-12-15-30-49(45)59(51(46)38-43)50-31-16-13-28-47(50)56-52(59)37-39-19-10-11-26-44(39)58(56)61(42-24-8-3-9-25-42)53-32-18-34-55-57(53)48-29-14-17-33-54(48)62-55/h1-38H. The van der Waals surface area contributed by atoms with Crippen molar-refractivity contribution in [1.29, 1.82) is 0 Å². The first-order chi connectivity index (χ1) is 30.8. The fraction of sp³-hybridized carbons (Fsp3) is 0.0169. The largest absolute Gasteiger partial charge is 0.456 e. The van der Waals surface area contributed by atoms with Gasteiger partial charge in [-0.05, 0) is 117 Å². The highest BCUT2D eigenvalue weighted by Crippen LogP contribution is 2.66. The Morgan fingerprint density at radius 1 is 0.339 bits per heavy atom. The molecule has 2 aliphatic carbocycles. The number of hydrogen-bond donors (Lipinski definition) is 0. The molecule has 1 heterocycles. The second-order valence-electron chi connectivity index (χ2n) is 16.4. The first kappa shape index (κ1) is 34.7. The minimum atomic E-state index is -0.609.